The highest BCUT2D eigenvalue weighted by Crippen LogP contribution is 2.46. The van der Waals surface area contributed by atoms with E-state index in [-0.39, 0.29) is 11.4 Å². The maximum Gasteiger partial charge on any atom is 0.126 e. The molecule has 0 saturated carbocycles. The van der Waals surface area contributed by atoms with Gasteiger partial charge in [0.2, 0.25) is 0 Å². The van der Waals surface area contributed by atoms with E-state index in [1.165, 1.54) is 11.1 Å². The van der Waals surface area contributed by atoms with Crippen LogP contribution in [0.25, 0.3) is 0 Å². The van der Waals surface area contributed by atoms with Crippen molar-refractivity contribution in [1.29, 1.82) is 0 Å². The molecule has 0 aliphatic carbocycles. The molecule has 1 atom stereocenters. The van der Waals surface area contributed by atoms with Gasteiger partial charge in [0.15, 0.2) is 0 Å². The highest BCUT2D eigenvalue weighted by atomic mass is 19.1. The molecule has 0 bridgehead atoms. The molecule has 2 nitrogen and oxygen atoms in total. The lowest BCUT2D eigenvalue weighted by molar-refractivity contribution is 0.290. The van der Waals surface area contributed by atoms with Crippen LogP contribution < -0.4 is 0 Å². The van der Waals surface area contributed by atoms with E-state index in [9.17, 15) is 4.39 Å². The van der Waals surface area contributed by atoms with Crippen LogP contribution in [0.1, 0.15) is 54.5 Å². The second-order valence-electron chi connectivity index (χ2n) is 7.24. The Hall–Kier alpha value is -2.16. The van der Waals surface area contributed by atoms with E-state index >= 15 is 0 Å². The molecule has 3 rings (SSSR count). The Morgan fingerprint density at radius 3 is 2.46 bits per heavy atom. The summed E-state index contributed by atoms with van der Waals surface area (Å²) in [7, 11) is 2.03. The molecule has 3 heteroatoms. The molecule has 0 amide bonds. The monoisotopic (exact) mass is 324 g/mol. The number of benzene rings is 2. The largest absolute Gasteiger partial charge is 0.352 e. The van der Waals surface area contributed by atoms with Crippen molar-refractivity contribution in [3.8, 4) is 0 Å². The van der Waals surface area contributed by atoms with Gasteiger partial charge in [0.1, 0.15) is 5.82 Å². The molecule has 1 aliphatic heterocycles. The van der Waals surface area contributed by atoms with Crippen LogP contribution >= 0.6 is 0 Å². The summed E-state index contributed by atoms with van der Waals surface area (Å²) in [5.41, 5.74) is 5.86. The molecule has 126 valence electrons. The van der Waals surface area contributed by atoms with E-state index in [2.05, 4.69) is 43.9 Å². The van der Waals surface area contributed by atoms with Gasteiger partial charge in [-0.15, -0.1) is 0 Å². The van der Waals surface area contributed by atoms with E-state index in [1.807, 2.05) is 33.3 Å². The first kappa shape index (κ1) is 16.7. The van der Waals surface area contributed by atoms with Crippen molar-refractivity contribution in [2.45, 2.75) is 46.1 Å². The van der Waals surface area contributed by atoms with Crippen molar-refractivity contribution in [3.63, 3.8) is 0 Å². The van der Waals surface area contributed by atoms with Crippen LogP contribution in [-0.2, 0) is 5.54 Å². The number of hydrogen-bond acceptors (Lipinski definition) is 2. The van der Waals surface area contributed by atoms with E-state index in [1.54, 1.807) is 6.07 Å². The lowest BCUT2D eigenvalue weighted by atomic mass is 9.77. The molecule has 0 saturated heterocycles. The second kappa shape index (κ2) is 5.73. The SMILES string of the molecule is Cc1cc(C2(C)c3cccc(C(C)C)c3N=CN2C)c(C)cc1F. The Morgan fingerprint density at radius 1 is 1.08 bits per heavy atom. The molecule has 0 N–H and O–H groups in total. The van der Waals surface area contributed by atoms with Crippen molar-refractivity contribution in [3.05, 3.63) is 64.0 Å². The first-order chi connectivity index (χ1) is 11.3. The van der Waals surface area contributed by atoms with Crippen LogP contribution in [0.3, 0.4) is 0 Å². The Balaban J connectivity index is 2.31. The van der Waals surface area contributed by atoms with Gasteiger partial charge < -0.3 is 4.90 Å². The zero-order chi connectivity index (χ0) is 17.6. The van der Waals surface area contributed by atoms with Gasteiger partial charge in [-0.3, -0.25) is 0 Å². The molecule has 2 aromatic rings. The number of hydrogen-bond donors (Lipinski definition) is 0. The quantitative estimate of drug-likeness (QED) is 0.718. The molecular formula is C21H25FN2. The Morgan fingerprint density at radius 2 is 1.79 bits per heavy atom. The average Bonchev–Trinajstić information content (AvgIpc) is 2.54. The van der Waals surface area contributed by atoms with Crippen molar-refractivity contribution >= 4 is 12.0 Å². The van der Waals surface area contributed by atoms with E-state index in [0.29, 0.717) is 11.5 Å². The lowest BCUT2D eigenvalue weighted by Gasteiger charge is -2.43. The summed E-state index contributed by atoms with van der Waals surface area (Å²) in [5.74, 6) is 0.254. The second-order valence-corrected chi connectivity index (χ2v) is 7.24. The summed E-state index contributed by atoms with van der Waals surface area (Å²) in [6.45, 7) is 10.4. The topological polar surface area (TPSA) is 15.6 Å². The molecule has 2 aromatic carbocycles. The third kappa shape index (κ3) is 2.34. The van der Waals surface area contributed by atoms with Gasteiger partial charge >= 0.3 is 0 Å². The Kier molecular flexibility index (Phi) is 3.98. The number of fused-ring (bicyclic) bond motifs is 1. The predicted octanol–water partition coefficient (Wildman–Crippen LogP) is 5.43. The fourth-order valence-electron chi connectivity index (χ4n) is 3.65. The van der Waals surface area contributed by atoms with E-state index in [0.717, 1.165) is 16.8 Å². The van der Waals surface area contributed by atoms with Crippen LogP contribution in [0.5, 0.6) is 0 Å². The minimum Gasteiger partial charge on any atom is -0.352 e. The predicted molar refractivity (Wildman–Crippen MR) is 98.8 cm³/mol. The zero-order valence-corrected chi connectivity index (χ0v) is 15.3. The third-order valence-corrected chi connectivity index (χ3v) is 5.31. The van der Waals surface area contributed by atoms with Crippen LogP contribution in [-0.4, -0.2) is 18.3 Å². The van der Waals surface area contributed by atoms with Crippen LogP contribution in [0.15, 0.2) is 35.3 Å². The summed E-state index contributed by atoms with van der Waals surface area (Å²) in [6.07, 6.45) is 1.90. The molecule has 0 radical (unpaired) electrons. The minimum atomic E-state index is -0.371. The lowest BCUT2D eigenvalue weighted by Crippen LogP contribution is -2.44. The molecule has 0 fully saturated rings. The van der Waals surface area contributed by atoms with Gasteiger partial charge in [0.25, 0.3) is 0 Å². The van der Waals surface area contributed by atoms with Crippen molar-refractivity contribution in [1.82, 2.24) is 4.90 Å². The fourth-order valence-corrected chi connectivity index (χ4v) is 3.65. The normalized spacial score (nSPS) is 19.8. The first-order valence-electron chi connectivity index (χ1n) is 8.44. The fraction of sp³-hybridized carbons (Fsp3) is 0.381. The molecule has 0 aromatic heterocycles. The van der Waals surface area contributed by atoms with Crippen molar-refractivity contribution in [2.24, 2.45) is 4.99 Å². The summed E-state index contributed by atoms with van der Waals surface area (Å²) in [4.78, 5) is 6.84. The smallest absolute Gasteiger partial charge is 0.126 e. The molecule has 0 spiro atoms. The number of aliphatic imine (C=N–C) groups is 1. The highest BCUT2D eigenvalue weighted by Gasteiger charge is 2.39. The summed E-state index contributed by atoms with van der Waals surface area (Å²) < 4.78 is 14.0. The van der Waals surface area contributed by atoms with Gasteiger partial charge in [-0.25, -0.2) is 9.38 Å². The molecule has 1 heterocycles. The Bertz CT molecular complexity index is 823. The molecule has 1 aliphatic rings. The van der Waals surface area contributed by atoms with Crippen LogP contribution in [0.4, 0.5) is 10.1 Å². The molecule has 24 heavy (non-hydrogen) atoms. The maximum atomic E-state index is 14.0. The summed E-state index contributed by atoms with van der Waals surface area (Å²) in [6, 6.07) is 10.0. The third-order valence-electron chi connectivity index (χ3n) is 5.31. The highest BCUT2D eigenvalue weighted by molar-refractivity contribution is 5.74. The van der Waals surface area contributed by atoms with Gasteiger partial charge in [0.05, 0.1) is 17.6 Å². The zero-order valence-electron chi connectivity index (χ0n) is 15.3. The van der Waals surface area contributed by atoms with Gasteiger partial charge in [-0.1, -0.05) is 38.1 Å². The number of halogens is 1. The molecular weight excluding hydrogens is 299 g/mol. The number of rotatable bonds is 2. The van der Waals surface area contributed by atoms with Crippen molar-refractivity contribution < 1.29 is 4.39 Å². The van der Waals surface area contributed by atoms with Crippen molar-refractivity contribution in [2.75, 3.05) is 7.05 Å². The van der Waals surface area contributed by atoms with Gasteiger partial charge in [-0.05, 0) is 55.0 Å². The molecule has 1 unspecified atom stereocenters. The Labute approximate surface area is 144 Å². The minimum absolute atomic E-state index is 0.150. The standard InChI is InChI=1S/C21H25FN2/c1-13(2)16-8-7-9-17-20(16)23-12-24(6)21(17,5)18-10-15(4)19(22)11-14(18)3/h7-13H,1-6H3. The summed E-state index contributed by atoms with van der Waals surface area (Å²) in [5, 5.41) is 0. The van der Waals surface area contributed by atoms with E-state index < -0.39 is 0 Å². The van der Waals surface area contributed by atoms with Crippen LogP contribution in [0.2, 0.25) is 0 Å². The van der Waals surface area contributed by atoms with E-state index in [4.69, 9.17) is 4.99 Å². The van der Waals surface area contributed by atoms with Gasteiger partial charge in [-0.2, -0.15) is 0 Å². The first-order valence-corrected chi connectivity index (χ1v) is 8.44. The summed E-state index contributed by atoms with van der Waals surface area (Å²) >= 11 is 0. The number of para-hydroxylation sites is 1. The number of aryl methyl sites for hydroxylation is 2. The maximum absolute atomic E-state index is 14.0. The van der Waals surface area contributed by atoms with Crippen LogP contribution in [0, 0.1) is 19.7 Å². The number of nitrogens with zero attached hydrogens (tertiary/aromatic N) is 2. The average molecular weight is 324 g/mol. The van der Waals surface area contributed by atoms with Gasteiger partial charge in [0, 0.05) is 12.6 Å².